The number of H-pyrrole nitrogens is 1. The number of nitrogens with one attached hydrogen (secondary N) is 1. The number of aromatic amines is 1. The Hall–Kier alpha value is -2.71. The fourth-order valence-electron chi connectivity index (χ4n) is 2.15. The van der Waals surface area contributed by atoms with E-state index in [4.69, 9.17) is 5.73 Å². The predicted octanol–water partition coefficient (Wildman–Crippen LogP) is -0.687. The van der Waals surface area contributed by atoms with Crippen LogP contribution < -0.4 is 17.0 Å². The number of nitrogens with two attached hydrogens (primary N) is 1. The van der Waals surface area contributed by atoms with Gasteiger partial charge in [-0.05, 0) is 13.3 Å². The van der Waals surface area contributed by atoms with Crippen molar-refractivity contribution in [1.29, 1.82) is 0 Å². The average molecular weight is 320 g/mol. The van der Waals surface area contributed by atoms with Crippen molar-refractivity contribution in [2.24, 2.45) is 5.73 Å². The van der Waals surface area contributed by atoms with Crippen molar-refractivity contribution >= 4 is 5.91 Å². The Bertz CT molecular complexity index is 817. The monoisotopic (exact) mass is 320 g/mol. The van der Waals surface area contributed by atoms with Gasteiger partial charge in [0.05, 0.1) is 13.0 Å². The standard InChI is InChI=1S/C14H20N6O3/c1-3-4-5-20-12(16-11(18-20)6-10(15)21)8-19-7-9(2)13(22)17-14(19)23/h7H,3-6,8H2,1-2H3,(H2,15,21)(H,17,22,23). The summed E-state index contributed by atoms with van der Waals surface area (Å²) in [7, 11) is 0. The van der Waals surface area contributed by atoms with Gasteiger partial charge >= 0.3 is 5.69 Å². The van der Waals surface area contributed by atoms with E-state index in [0.29, 0.717) is 23.8 Å². The smallest absolute Gasteiger partial charge is 0.328 e. The van der Waals surface area contributed by atoms with Gasteiger partial charge in [0.1, 0.15) is 5.82 Å². The lowest BCUT2D eigenvalue weighted by Crippen LogP contribution is -2.31. The first kappa shape index (κ1) is 16.7. The molecule has 0 fully saturated rings. The minimum Gasteiger partial charge on any atom is -0.369 e. The lowest BCUT2D eigenvalue weighted by Gasteiger charge is -2.07. The number of unbranched alkanes of at least 4 members (excludes halogenated alkanes) is 1. The van der Waals surface area contributed by atoms with Gasteiger partial charge in [-0.3, -0.25) is 19.1 Å². The highest BCUT2D eigenvalue weighted by Crippen LogP contribution is 2.04. The van der Waals surface area contributed by atoms with Gasteiger partial charge in [0.2, 0.25) is 5.91 Å². The second kappa shape index (κ2) is 7.03. The summed E-state index contributed by atoms with van der Waals surface area (Å²) < 4.78 is 3.03. The Morgan fingerprint density at radius 2 is 2.13 bits per heavy atom. The molecule has 0 bridgehead atoms. The maximum atomic E-state index is 11.9. The van der Waals surface area contributed by atoms with Crippen molar-refractivity contribution in [2.75, 3.05) is 0 Å². The van der Waals surface area contributed by atoms with Crippen LogP contribution in [-0.4, -0.2) is 30.2 Å². The molecule has 2 aromatic rings. The maximum Gasteiger partial charge on any atom is 0.328 e. The zero-order chi connectivity index (χ0) is 17.0. The van der Waals surface area contributed by atoms with Gasteiger partial charge in [-0.15, -0.1) is 0 Å². The van der Waals surface area contributed by atoms with Gasteiger partial charge in [0, 0.05) is 18.3 Å². The zero-order valence-corrected chi connectivity index (χ0v) is 13.2. The molecule has 0 saturated heterocycles. The number of aryl methyl sites for hydroxylation is 2. The summed E-state index contributed by atoms with van der Waals surface area (Å²) in [6.07, 6.45) is 3.30. The molecule has 0 unspecified atom stereocenters. The van der Waals surface area contributed by atoms with Crippen LogP contribution in [0.4, 0.5) is 0 Å². The second-order valence-electron chi connectivity index (χ2n) is 5.36. The van der Waals surface area contributed by atoms with Crippen LogP contribution in [0.3, 0.4) is 0 Å². The first-order chi connectivity index (χ1) is 10.9. The number of carbonyl (C=O) groups excluding carboxylic acids is 1. The van der Waals surface area contributed by atoms with E-state index in [2.05, 4.69) is 22.0 Å². The molecule has 23 heavy (non-hydrogen) atoms. The molecule has 2 rings (SSSR count). The maximum absolute atomic E-state index is 11.9. The van der Waals surface area contributed by atoms with E-state index in [1.165, 1.54) is 10.8 Å². The number of carbonyl (C=O) groups is 1. The minimum absolute atomic E-state index is 0.0499. The van der Waals surface area contributed by atoms with Gasteiger partial charge in [0.25, 0.3) is 5.56 Å². The third kappa shape index (κ3) is 4.15. The quantitative estimate of drug-likeness (QED) is 0.698. The number of hydrogen-bond donors (Lipinski definition) is 2. The Balaban J connectivity index is 2.35. The van der Waals surface area contributed by atoms with E-state index in [9.17, 15) is 14.4 Å². The van der Waals surface area contributed by atoms with E-state index in [1.54, 1.807) is 11.6 Å². The fourth-order valence-corrected chi connectivity index (χ4v) is 2.15. The second-order valence-corrected chi connectivity index (χ2v) is 5.36. The molecule has 2 heterocycles. The third-order valence-corrected chi connectivity index (χ3v) is 3.35. The average Bonchev–Trinajstić information content (AvgIpc) is 2.83. The molecule has 0 aliphatic rings. The van der Waals surface area contributed by atoms with Crippen molar-refractivity contribution in [3.05, 3.63) is 44.2 Å². The normalized spacial score (nSPS) is 10.9. The molecule has 9 nitrogen and oxygen atoms in total. The van der Waals surface area contributed by atoms with Crippen molar-refractivity contribution in [3.8, 4) is 0 Å². The highest BCUT2D eigenvalue weighted by Gasteiger charge is 2.13. The minimum atomic E-state index is -0.513. The summed E-state index contributed by atoms with van der Waals surface area (Å²) >= 11 is 0. The lowest BCUT2D eigenvalue weighted by molar-refractivity contribution is -0.117. The summed E-state index contributed by atoms with van der Waals surface area (Å²) in [4.78, 5) is 40.9. The first-order valence-electron chi connectivity index (χ1n) is 7.42. The first-order valence-corrected chi connectivity index (χ1v) is 7.42. The molecule has 0 radical (unpaired) electrons. The molecule has 0 saturated carbocycles. The number of rotatable bonds is 7. The molecular formula is C14H20N6O3. The SMILES string of the molecule is CCCCn1nc(CC(N)=O)nc1Cn1cc(C)c(=O)[nH]c1=O. The van der Waals surface area contributed by atoms with Gasteiger partial charge in [-0.2, -0.15) is 5.10 Å². The zero-order valence-electron chi connectivity index (χ0n) is 13.2. The Labute approximate surface area is 132 Å². The van der Waals surface area contributed by atoms with Crippen LogP contribution in [-0.2, 0) is 24.3 Å². The topological polar surface area (TPSA) is 129 Å². The van der Waals surface area contributed by atoms with E-state index in [0.717, 1.165) is 12.8 Å². The Morgan fingerprint density at radius 3 is 2.78 bits per heavy atom. The van der Waals surface area contributed by atoms with Crippen LogP contribution >= 0.6 is 0 Å². The summed E-state index contributed by atoms with van der Waals surface area (Å²) in [5.74, 6) is 0.363. The van der Waals surface area contributed by atoms with Crippen LogP contribution in [0.2, 0.25) is 0 Å². The number of nitrogens with zero attached hydrogens (tertiary/aromatic N) is 4. The molecule has 0 aromatic carbocycles. The van der Waals surface area contributed by atoms with Crippen molar-refractivity contribution in [1.82, 2.24) is 24.3 Å². The molecule has 0 spiro atoms. The van der Waals surface area contributed by atoms with Crippen LogP contribution in [0, 0.1) is 6.92 Å². The molecular weight excluding hydrogens is 300 g/mol. The summed E-state index contributed by atoms with van der Waals surface area (Å²) in [5.41, 5.74) is 4.68. The van der Waals surface area contributed by atoms with Gasteiger partial charge in [0.15, 0.2) is 5.82 Å². The Morgan fingerprint density at radius 1 is 1.39 bits per heavy atom. The number of primary amides is 1. The van der Waals surface area contributed by atoms with Gasteiger partial charge < -0.3 is 5.73 Å². The summed E-state index contributed by atoms with van der Waals surface area (Å²) in [5, 5.41) is 4.27. The summed E-state index contributed by atoms with van der Waals surface area (Å²) in [6.45, 7) is 4.46. The van der Waals surface area contributed by atoms with Crippen LogP contribution in [0.15, 0.2) is 15.8 Å². The number of hydrogen-bond acceptors (Lipinski definition) is 5. The highest BCUT2D eigenvalue weighted by molar-refractivity contribution is 5.75. The molecule has 2 aromatic heterocycles. The molecule has 3 N–H and O–H groups in total. The molecule has 0 aliphatic heterocycles. The van der Waals surface area contributed by atoms with Crippen LogP contribution in [0.1, 0.15) is 37.0 Å². The number of aromatic nitrogens is 5. The van der Waals surface area contributed by atoms with E-state index < -0.39 is 17.2 Å². The van der Waals surface area contributed by atoms with E-state index >= 15 is 0 Å². The number of amides is 1. The predicted molar refractivity (Wildman–Crippen MR) is 83.0 cm³/mol. The van der Waals surface area contributed by atoms with Crippen LogP contribution in [0.5, 0.6) is 0 Å². The molecule has 0 atom stereocenters. The Kier molecular flexibility index (Phi) is 5.09. The lowest BCUT2D eigenvalue weighted by atomic mass is 10.3. The molecule has 1 amide bonds. The largest absolute Gasteiger partial charge is 0.369 e. The van der Waals surface area contributed by atoms with Crippen molar-refractivity contribution in [3.63, 3.8) is 0 Å². The van der Waals surface area contributed by atoms with Crippen molar-refractivity contribution < 1.29 is 4.79 Å². The third-order valence-electron chi connectivity index (χ3n) is 3.35. The van der Waals surface area contributed by atoms with Crippen molar-refractivity contribution in [2.45, 2.75) is 46.2 Å². The van der Waals surface area contributed by atoms with E-state index in [-0.39, 0.29) is 13.0 Å². The fraction of sp³-hybridized carbons (Fsp3) is 0.500. The van der Waals surface area contributed by atoms with E-state index in [1.807, 2.05) is 0 Å². The molecule has 9 heteroatoms. The summed E-state index contributed by atoms with van der Waals surface area (Å²) in [6, 6.07) is 0. The van der Waals surface area contributed by atoms with Gasteiger partial charge in [-0.25, -0.2) is 14.5 Å². The van der Waals surface area contributed by atoms with Gasteiger partial charge in [-0.1, -0.05) is 13.3 Å². The molecule has 0 aliphatic carbocycles. The highest BCUT2D eigenvalue weighted by atomic mass is 16.2. The van der Waals surface area contributed by atoms with Crippen LogP contribution in [0.25, 0.3) is 0 Å². The molecule has 124 valence electrons.